The number of nitrogens with two attached hydrogens (primary N) is 1. The molecule has 100 valence electrons. The van der Waals surface area contributed by atoms with Gasteiger partial charge < -0.3 is 5.73 Å². The molecule has 5 heteroatoms. The van der Waals surface area contributed by atoms with Crippen LogP contribution >= 0.6 is 0 Å². The van der Waals surface area contributed by atoms with Crippen molar-refractivity contribution in [3.05, 3.63) is 70.3 Å². The Labute approximate surface area is 115 Å². The molecule has 0 aliphatic heterocycles. The molecule has 5 nitrogen and oxygen atoms in total. The molecular weight excluding hydrogens is 256 g/mol. The molecule has 2 rings (SSSR count). The Hall–Kier alpha value is -2.95. The summed E-state index contributed by atoms with van der Waals surface area (Å²) in [7, 11) is 0. The van der Waals surface area contributed by atoms with Crippen LogP contribution < -0.4 is 5.73 Å². The van der Waals surface area contributed by atoms with Gasteiger partial charge >= 0.3 is 0 Å². The van der Waals surface area contributed by atoms with E-state index in [1.54, 1.807) is 36.4 Å². The average Bonchev–Trinajstić information content (AvgIpc) is 2.46. The lowest BCUT2D eigenvalue weighted by atomic mass is 9.94. The molecule has 0 saturated carbocycles. The Kier molecular flexibility index (Phi) is 3.61. The van der Waals surface area contributed by atoms with Gasteiger partial charge in [-0.3, -0.25) is 14.9 Å². The van der Waals surface area contributed by atoms with Gasteiger partial charge in [0, 0.05) is 11.6 Å². The SMILES string of the molecule is C=Cc1c(C(N)=O)cccc1-c1ccccc1[N+](=O)[O-]. The Morgan fingerprint density at radius 1 is 1.15 bits per heavy atom. The van der Waals surface area contributed by atoms with Gasteiger partial charge in [-0.05, 0) is 23.3 Å². The van der Waals surface area contributed by atoms with Crippen LogP contribution in [-0.2, 0) is 0 Å². The number of hydrogen-bond acceptors (Lipinski definition) is 3. The zero-order valence-electron chi connectivity index (χ0n) is 10.6. The second-order valence-electron chi connectivity index (χ2n) is 4.11. The fourth-order valence-corrected chi connectivity index (χ4v) is 2.10. The van der Waals surface area contributed by atoms with Gasteiger partial charge in [0.05, 0.1) is 10.5 Å². The zero-order valence-corrected chi connectivity index (χ0v) is 10.6. The molecule has 20 heavy (non-hydrogen) atoms. The summed E-state index contributed by atoms with van der Waals surface area (Å²) in [5, 5.41) is 11.1. The quantitative estimate of drug-likeness (QED) is 0.683. The number of nitro groups is 1. The molecule has 0 aliphatic carbocycles. The summed E-state index contributed by atoms with van der Waals surface area (Å²) in [4.78, 5) is 22.1. The molecule has 0 radical (unpaired) electrons. The van der Waals surface area contributed by atoms with E-state index in [1.807, 2.05) is 0 Å². The van der Waals surface area contributed by atoms with E-state index in [2.05, 4.69) is 6.58 Å². The fraction of sp³-hybridized carbons (Fsp3) is 0. The van der Waals surface area contributed by atoms with E-state index in [-0.39, 0.29) is 11.3 Å². The first-order valence-electron chi connectivity index (χ1n) is 5.85. The molecule has 0 saturated heterocycles. The van der Waals surface area contributed by atoms with Gasteiger partial charge in [-0.15, -0.1) is 0 Å². The molecule has 0 aromatic heterocycles. The predicted octanol–water partition coefficient (Wildman–Crippen LogP) is 3.00. The molecule has 1 amide bonds. The normalized spacial score (nSPS) is 10.0. The van der Waals surface area contributed by atoms with E-state index in [0.29, 0.717) is 16.7 Å². The van der Waals surface area contributed by atoms with E-state index in [0.717, 1.165) is 0 Å². The van der Waals surface area contributed by atoms with Crippen molar-refractivity contribution in [2.45, 2.75) is 0 Å². The number of benzene rings is 2. The highest BCUT2D eigenvalue weighted by molar-refractivity contribution is 6.00. The summed E-state index contributed by atoms with van der Waals surface area (Å²) in [6, 6.07) is 11.2. The molecule has 0 heterocycles. The summed E-state index contributed by atoms with van der Waals surface area (Å²) >= 11 is 0. The predicted molar refractivity (Wildman–Crippen MR) is 77.1 cm³/mol. The minimum atomic E-state index is -0.597. The number of primary amides is 1. The molecule has 0 spiro atoms. The highest BCUT2D eigenvalue weighted by Gasteiger charge is 2.18. The second kappa shape index (κ2) is 5.36. The lowest BCUT2D eigenvalue weighted by Crippen LogP contribution is -2.13. The summed E-state index contributed by atoms with van der Waals surface area (Å²) < 4.78 is 0. The van der Waals surface area contributed by atoms with Crippen molar-refractivity contribution in [3.8, 4) is 11.1 Å². The van der Waals surface area contributed by atoms with Crippen LogP contribution in [0, 0.1) is 10.1 Å². The first-order valence-corrected chi connectivity index (χ1v) is 5.85. The third kappa shape index (κ3) is 2.29. The smallest absolute Gasteiger partial charge is 0.277 e. The van der Waals surface area contributed by atoms with Crippen molar-refractivity contribution in [1.29, 1.82) is 0 Å². The van der Waals surface area contributed by atoms with Crippen LogP contribution in [-0.4, -0.2) is 10.8 Å². The number of carbonyl (C=O) groups excluding carboxylic acids is 1. The summed E-state index contributed by atoms with van der Waals surface area (Å²) in [5.41, 5.74) is 7.05. The molecule has 0 fully saturated rings. The molecule has 2 aromatic carbocycles. The summed E-state index contributed by atoms with van der Waals surface area (Å²) in [5.74, 6) is -0.597. The van der Waals surface area contributed by atoms with Crippen molar-refractivity contribution in [1.82, 2.24) is 0 Å². The third-order valence-electron chi connectivity index (χ3n) is 2.97. The number of hydrogen-bond donors (Lipinski definition) is 1. The second-order valence-corrected chi connectivity index (χ2v) is 4.11. The molecular formula is C15H12N2O3. The van der Waals surface area contributed by atoms with Crippen molar-refractivity contribution < 1.29 is 9.72 Å². The fourth-order valence-electron chi connectivity index (χ4n) is 2.10. The average molecular weight is 268 g/mol. The third-order valence-corrected chi connectivity index (χ3v) is 2.97. The lowest BCUT2D eigenvalue weighted by molar-refractivity contribution is -0.384. The van der Waals surface area contributed by atoms with Crippen LogP contribution in [0.3, 0.4) is 0 Å². The number of nitro benzene ring substituents is 1. The number of nitrogens with zero attached hydrogens (tertiary/aromatic N) is 1. The van der Waals surface area contributed by atoms with Crippen LogP contribution in [0.5, 0.6) is 0 Å². The van der Waals surface area contributed by atoms with Crippen molar-refractivity contribution >= 4 is 17.7 Å². The van der Waals surface area contributed by atoms with E-state index >= 15 is 0 Å². The van der Waals surface area contributed by atoms with Crippen LogP contribution in [0.4, 0.5) is 5.69 Å². The Morgan fingerprint density at radius 2 is 1.80 bits per heavy atom. The van der Waals surface area contributed by atoms with Gasteiger partial charge in [0.2, 0.25) is 5.91 Å². The first-order chi connectivity index (χ1) is 9.56. The zero-order chi connectivity index (χ0) is 14.7. The van der Waals surface area contributed by atoms with Gasteiger partial charge in [-0.2, -0.15) is 0 Å². The number of para-hydroxylation sites is 1. The Balaban J connectivity index is 2.77. The molecule has 0 unspecified atom stereocenters. The lowest BCUT2D eigenvalue weighted by Gasteiger charge is -2.10. The van der Waals surface area contributed by atoms with E-state index in [4.69, 9.17) is 5.73 Å². The molecule has 0 atom stereocenters. The summed E-state index contributed by atoms with van der Waals surface area (Å²) in [6.07, 6.45) is 1.48. The monoisotopic (exact) mass is 268 g/mol. The Bertz CT molecular complexity index is 708. The largest absolute Gasteiger partial charge is 0.366 e. The van der Waals surface area contributed by atoms with E-state index in [1.165, 1.54) is 12.1 Å². The van der Waals surface area contributed by atoms with Crippen LogP contribution in [0.2, 0.25) is 0 Å². The Morgan fingerprint density at radius 3 is 2.40 bits per heavy atom. The number of rotatable bonds is 4. The summed E-state index contributed by atoms with van der Waals surface area (Å²) in [6.45, 7) is 3.66. The highest BCUT2D eigenvalue weighted by atomic mass is 16.6. The van der Waals surface area contributed by atoms with Gasteiger partial charge in [0.25, 0.3) is 5.69 Å². The standard InChI is InChI=1S/C15H12N2O3/c1-2-10-11(7-5-8-13(10)15(16)18)12-6-3-4-9-14(12)17(19)20/h2-9H,1H2,(H2,16,18). The van der Waals surface area contributed by atoms with Crippen molar-refractivity contribution in [3.63, 3.8) is 0 Å². The maximum atomic E-state index is 11.4. The van der Waals surface area contributed by atoms with Gasteiger partial charge in [-0.25, -0.2) is 0 Å². The topological polar surface area (TPSA) is 86.2 Å². The maximum absolute atomic E-state index is 11.4. The number of carbonyl (C=O) groups is 1. The maximum Gasteiger partial charge on any atom is 0.277 e. The van der Waals surface area contributed by atoms with Crippen molar-refractivity contribution in [2.24, 2.45) is 5.73 Å². The van der Waals surface area contributed by atoms with Crippen molar-refractivity contribution in [2.75, 3.05) is 0 Å². The van der Waals surface area contributed by atoms with E-state index in [9.17, 15) is 14.9 Å². The van der Waals surface area contributed by atoms with Crippen LogP contribution in [0.15, 0.2) is 49.0 Å². The number of amides is 1. The van der Waals surface area contributed by atoms with Gasteiger partial charge in [-0.1, -0.05) is 36.9 Å². The molecule has 2 aromatic rings. The minimum absolute atomic E-state index is 0.0304. The highest BCUT2D eigenvalue weighted by Crippen LogP contribution is 2.33. The first kappa shape index (κ1) is 13.5. The molecule has 0 aliphatic rings. The molecule has 0 bridgehead atoms. The van der Waals surface area contributed by atoms with Gasteiger partial charge in [0.1, 0.15) is 0 Å². The molecule has 2 N–H and O–H groups in total. The van der Waals surface area contributed by atoms with Crippen LogP contribution in [0.25, 0.3) is 17.2 Å². The van der Waals surface area contributed by atoms with Crippen LogP contribution in [0.1, 0.15) is 15.9 Å². The van der Waals surface area contributed by atoms with E-state index < -0.39 is 10.8 Å². The minimum Gasteiger partial charge on any atom is -0.366 e. The van der Waals surface area contributed by atoms with Gasteiger partial charge in [0.15, 0.2) is 0 Å².